The molecular weight excluding hydrogens is 262 g/mol. The Bertz CT molecular complexity index is 416. The van der Waals surface area contributed by atoms with Gasteiger partial charge in [0.05, 0.1) is 6.10 Å². The summed E-state index contributed by atoms with van der Waals surface area (Å²) in [5.74, 6) is 0.939. The lowest BCUT2D eigenvalue weighted by atomic mass is 9.87. The summed E-state index contributed by atoms with van der Waals surface area (Å²) in [6.45, 7) is 11.5. The number of ether oxygens (including phenoxy) is 2. The maximum Gasteiger partial charge on any atom is 0.119 e. The molecule has 1 saturated heterocycles. The summed E-state index contributed by atoms with van der Waals surface area (Å²) in [5.41, 5.74) is 1.52. The Kier molecular flexibility index (Phi) is 5.65. The average molecular weight is 291 g/mol. The van der Waals surface area contributed by atoms with Crippen LogP contribution in [0.5, 0.6) is 5.75 Å². The van der Waals surface area contributed by atoms with Gasteiger partial charge < -0.3 is 14.8 Å². The molecule has 0 spiro atoms. The lowest BCUT2D eigenvalue weighted by molar-refractivity contribution is 0.106. The van der Waals surface area contributed by atoms with Gasteiger partial charge in [0.25, 0.3) is 0 Å². The standard InChI is InChI=1S/C18H29NO2/c1-14(12-19-13-17-6-5-11-20-17)21-16-9-7-15(8-10-16)18(2,3)4/h7-10,14,17,19H,5-6,11-13H2,1-4H3. The van der Waals surface area contributed by atoms with E-state index in [1.165, 1.54) is 18.4 Å². The summed E-state index contributed by atoms with van der Waals surface area (Å²) < 4.78 is 11.5. The molecule has 1 aliphatic rings. The van der Waals surface area contributed by atoms with E-state index in [0.29, 0.717) is 6.10 Å². The molecule has 2 unspecified atom stereocenters. The van der Waals surface area contributed by atoms with Gasteiger partial charge in [0, 0.05) is 19.7 Å². The molecule has 1 N–H and O–H groups in total. The largest absolute Gasteiger partial charge is 0.489 e. The van der Waals surface area contributed by atoms with Crippen LogP contribution in [0.2, 0.25) is 0 Å². The molecule has 3 nitrogen and oxygen atoms in total. The first-order valence-electron chi connectivity index (χ1n) is 8.04. The van der Waals surface area contributed by atoms with E-state index >= 15 is 0 Å². The highest BCUT2D eigenvalue weighted by atomic mass is 16.5. The maximum absolute atomic E-state index is 5.94. The lowest BCUT2D eigenvalue weighted by Crippen LogP contribution is -2.34. The van der Waals surface area contributed by atoms with Crippen molar-refractivity contribution < 1.29 is 9.47 Å². The molecule has 0 saturated carbocycles. The van der Waals surface area contributed by atoms with Crippen molar-refractivity contribution in [1.29, 1.82) is 0 Å². The van der Waals surface area contributed by atoms with E-state index < -0.39 is 0 Å². The first-order valence-corrected chi connectivity index (χ1v) is 8.04. The number of nitrogens with one attached hydrogen (secondary N) is 1. The van der Waals surface area contributed by atoms with Crippen molar-refractivity contribution in [1.82, 2.24) is 5.32 Å². The Labute approximate surface area is 129 Å². The second-order valence-corrected chi connectivity index (χ2v) is 7.00. The van der Waals surface area contributed by atoms with Crippen molar-refractivity contribution in [3.05, 3.63) is 29.8 Å². The minimum Gasteiger partial charge on any atom is -0.489 e. The zero-order valence-electron chi connectivity index (χ0n) is 13.8. The smallest absolute Gasteiger partial charge is 0.119 e. The van der Waals surface area contributed by atoms with Crippen LogP contribution in [-0.2, 0) is 10.2 Å². The Morgan fingerprint density at radius 1 is 1.29 bits per heavy atom. The molecule has 1 aliphatic heterocycles. The lowest BCUT2D eigenvalue weighted by Gasteiger charge is -2.20. The van der Waals surface area contributed by atoms with Gasteiger partial charge in [-0.1, -0.05) is 32.9 Å². The van der Waals surface area contributed by atoms with Gasteiger partial charge in [-0.05, 0) is 42.9 Å². The van der Waals surface area contributed by atoms with E-state index in [0.717, 1.165) is 25.4 Å². The fourth-order valence-electron chi connectivity index (χ4n) is 2.56. The summed E-state index contributed by atoms with van der Waals surface area (Å²) in [6, 6.07) is 8.44. The monoisotopic (exact) mass is 291 g/mol. The third-order valence-corrected chi connectivity index (χ3v) is 3.89. The molecule has 2 rings (SSSR count). The summed E-state index contributed by atoms with van der Waals surface area (Å²) in [7, 11) is 0. The Hall–Kier alpha value is -1.06. The van der Waals surface area contributed by atoms with Crippen LogP contribution in [0.1, 0.15) is 46.1 Å². The summed E-state index contributed by atoms with van der Waals surface area (Å²) in [4.78, 5) is 0. The Morgan fingerprint density at radius 2 is 2.00 bits per heavy atom. The third-order valence-electron chi connectivity index (χ3n) is 3.89. The van der Waals surface area contributed by atoms with Crippen LogP contribution in [0.15, 0.2) is 24.3 Å². The molecule has 21 heavy (non-hydrogen) atoms. The van der Waals surface area contributed by atoms with Crippen LogP contribution in [0.25, 0.3) is 0 Å². The Morgan fingerprint density at radius 3 is 2.57 bits per heavy atom. The van der Waals surface area contributed by atoms with Gasteiger partial charge >= 0.3 is 0 Å². The van der Waals surface area contributed by atoms with E-state index in [9.17, 15) is 0 Å². The molecule has 1 aromatic carbocycles. The van der Waals surface area contributed by atoms with Crippen LogP contribution in [-0.4, -0.2) is 31.9 Å². The SMILES string of the molecule is CC(CNCC1CCCO1)Oc1ccc(C(C)(C)C)cc1. The van der Waals surface area contributed by atoms with E-state index in [4.69, 9.17) is 9.47 Å². The van der Waals surface area contributed by atoms with E-state index in [2.05, 4.69) is 57.3 Å². The third kappa shape index (κ3) is 5.33. The molecule has 118 valence electrons. The van der Waals surface area contributed by atoms with Crippen LogP contribution < -0.4 is 10.1 Å². The summed E-state index contributed by atoms with van der Waals surface area (Å²) in [5, 5.41) is 3.43. The molecule has 0 radical (unpaired) electrons. The highest BCUT2D eigenvalue weighted by molar-refractivity contribution is 5.31. The highest BCUT2D eigenvalue weighted by Crippen LogP contribution is 2.24. The number of rotatable bonds is 6. The van der Waals surface area contributed by atoms with E-state index in [-0.39, 0.29) is 11.5 Å². The van der Waals surface area contributed by atoms with E-state index in [1.54, 1.807) is 0 Å². The molecule has 1 aromatic rings. The number of hydrogen-bond donors (Lipinski definition) is 1. The van der Waals surface area contributed by atoms with Gasteiger partial charge in [-0.3, -0.25) is 0 Å². The molecule has 0 bridgehead atoms. The van der Waals surface area contributed by atoms with Gasteiger partial charge in [0.1, 0.15) is 11.9 Å². The van der Waals surface area contributed by atoms with Gasteiger partial charge in [-0.2, -0.15) is 0 Å². The fraction of sp³-hybridized carbons (Fsp3) is 0.667. The van der Waals surface area contributed by atoms with Crippen LogP contribution >= 0.6 is 0 Å². The maximum atomic E-state index is 5.94. The van der Waals surface area contributed by atoms with Crippen molar-refractivity contribution >= 4 is 0 Å². The predicted octanol–water partition coefficient (Wildman–Crippen LogP) is 3.52. The quantitative estimate of drug-likeness (QED) is 0.870. The van der Waals surface area contributed by atoms with Crippen molar-refractivity contribution in [3.8, 4) is 5.75 Å². The molecule has 0 amide bonds. The Balaban J connectivity index is 1.73. The minimum absolute atomic E-state index is 0.159. The second-order valence-electron chi connectivity index (χ2n) is 7.00. The first kappa shape index (κ1) is 16.3. The second kappa shape index (κ2) is 7.28. The minimum atomic E-state index is 0.159. The number of hydrogen-bond acceptors (Lipinski definition) is 3. The van der Waals surface area contributed by atoms with Gasteiger partial charge in [-0.15, -0.1) is 0 Å². The normalized spacial score (nSPS) is 20.5. The van der Waals surface area contributed by atoms with Crippen molar-refractivity contribution in [2.45, 2.75) is 58.2 Å². The fourth-order valence-corrected chi connectivity index (χ4v) is 2.56. The van der Waals surface area contributed by atoms with Crippen LogP contribution in [0.3, 0.4) is 0 Å². The average Bonchev–Trinajstić information content (AvgIpc) is 2.91. The number of benzene rings is 1. The molecule has 0 aromatic heterocycles. The molecule has 1 heterocycles. The van der Waals surface area contributed by atoms with Gasteiger partial charge in [0.15, 0.2) is 0 Å². The molecule has 1 fully saturated rings. The summed E-state index contributed by atoms with van der Waals surface area (Å²) in [6.07, 6.45) is 2.92. The van der Waals surface area contributed by atoms with E-state index in [1.807, 2.05) is 0 Å². The van der Waals surface area contributed by atoms with Gasteiger partial charge in [-0.25, -0.2) is 0 Å². The van der Waals surface area contributed by atoms with Crippen LogP contribution in [0, 0.1) is 0 Å². The molecule has 0 aliphatic carbocycles. The van der Waals surface area contributed by atoms with Gasteiger partial charge in [0.2, 0.25) is 0 Å². The molecular formula is C18H29NO2. The zero-order valence-corrected chi connectivity index (χ0v) is 13.8. The zero-order chi connectivity index (χ0) is 15.3. The molecule has 2 atom stereocenters. The highest BCUT2D eigenvalue weighted by Gasteiger charge is 2.16. The predicted molar refractivity (Wildman–Crippen MR) is 87.1 cm³/mol. The summed E-state index contributed by atoms with van der Waals surface area (Å²) >= 11 is 0. The van der Waals surface area contributed by atoms with Crippen molar-refractivity contribution in [2.75, 3.05) is 19.7 Å². The first-order chi connectivity index (χ1) is 9.95. The molecule has 3 heteroatoms. The van der Waals surface area contributed by atoms with Crippen LogP contribution in [0.4, 0.5) is 0 Å². The topological polar surface area (TPSA) is 30.5 Å². The van der Waals surface area contributed by atoms with Crippen molar-refractivity contribution in [3.63, 3.8) is 0 Å². The van der Waals surface area contributed by atoms with Crippen molar-refractivity contribution in [2.24, 2.45) is 0 Å².